The first-order valence-corrected chi connectivity index (χ1v) is 16.4. The molecule has 0 aliphatic heterocycles. The third-order valence-electron chi connectivity index (χ3n) is 9.08. The molecule has 3 heteroatoms. The Labute approximate surface area is 280 Å². The minimum absolute atomic E-state index is 0.223. The maximum atomic E-state index is 6.80. The smallest absolute Gasteiger partial charge is 0.155 e. The predicted octanol–water partition coefficient (Wildman–Crippen LogP) is 12.1. The lowest BCUT2D eigenvalue weighted by Gasteiger charge is -2.13. The lowest BCUT2D eigenvalue weighted by atomic mass is 9.93. The average Bonchev–Trinajstić information content (AvgIpc) is 3.52. The van der Waals surface area contributed by atoms with Crippen LogP contribution in [0.2, 0.25) is 0 Å². The summed E-state index contributed by atoms with van der Waals surface area (Å²) in [6.45, 7) is 4.17. The molecule has 0 spiro atoms. The van der Waals surface area contributed by atoms with Crippen molar-refractivity contribution in [3.63, 3.8) is 0 Å². The van der Waals surface area contributed by atoms with Crippen LogP contribution in [0.25, 0.3) is 55.0 Å². The normalized spacial score (nSPS) is 13.0. The highest BCUT2D eigenvalue weighted by Crippen LogP contribution is 2.42. The van der Waals surface area contributed by atoms with Crippen LogP contribution in [-0.2, 0) is 0 Å². The summed E-state index contributed by atoms with van der Waals surface area (Å²) in [4.78, 5) is 10.4. The summed E-state index contributed by atoms with van der Waals surface area (Å²) >= 11 is 0. The first-order valence-electron chi connectivity index (χ1n) is 16.4. The number of hydrogen-bond acceptors (Lipinski definition) is 2. The van der Waals surface area contributed by atoms with E-state index >= 15 is 0 Å². The standard InChI is InChI=1S/C45H34N2O/c1-30(32-14-6-3-7-15-32)46-45(36-18-10-5-11-19-36)47-31(2)39-26-27-40(35-24-22-34(23-25-35)33-16-8-4-9-17-33)43-41-28-37-20-12-13-21-38(37)29-42(41)48-44(39)43/h3-29,31H,1-2H3. The molecule has 1 atom stereocenters. The molecular weight excluding hydrogens is 585 g/mol. The van der Waals surface area contributed by atoms with Gasteiger partial charge in [-0.1, -0.05) is 152 Å². The molecule has 0 saturated heterocycles. The quantitative estimate of drug-likeness (QED) is 0.135. The Morgan fingerprint density at radius 2 is 1.12 bits per heavy atom. The molecule has 7 aromatic carbocycles. The van der Waals surface area contributed by atoms with Crippen LogP contribution < -0.4 is 0 Å². The van der Waals surface area contributed by atoms with Crippen molar-refractivity contribution in [2.75, 3.05) is 0 Å². The van der Waals surface area contributed by atoms with Gasteiger partial charge in [0.15, 0.2) is 5.84 Å². The van der Waals surface area contributed by atoms with E-state index in [1.165, 1.54) is 16.5 Å². The number of nitrogens with zero attached hydrogens (tertiary/aromatic N) is 2. The van der Waals surface area contributed by atoms with Gasteiger partial charge >= 0.3 is 0 Å². The number of fused-ring (bicyclic) bond motifs is 4. The van der Waals surface area contributed by atoms with Crippen LogP contribution in [0.15, 0.2) is 178 Å². The predicted molar refractivity (Wildman–Crippen MR) is 202 cm³/mol. The molecule has 0 N–H and O–H groups in total. The summed E-state index contributed by atoms with van der Waals surface area (Å²) in [7, 11) is 0. The minimum Gasteiger partial charge on any atom is -0.456 e. The third-order valence-corrected chi connectivity index (χ3v) is 9.08. The highest BCUT2D eigenvalue weighted by Gasteiger charge is 2.20. The number of rotatable bonds is 6. The van der Waals surface area contributed by atoms with E-state index in [1.54, 1.807) is 0 Å². The van der Waals surface area contributed by atoms with E-state index in [0.29, 0.717) is 5.84 Å². The van der Waals surface area contributed by atoms with Crippen LogP contribution in [0, 0.1) is 0 Å². The average molecular weight is 619 g/mol. The van der Waals surface area contributed by atoms with Gasteiger partial charge in [0.1, 0.15) is 11.2 Å². The van der Waals surface area contributed by atoms with E-state index in [-0.39, 0.29) is 6.04 Å². The Balaban J connectivity index is 1.30. The zero-order valence-corrected chi connectivity index (χ0v) is 27.0. The molecule has 1 aromatic heterocycles. The van der Waals surface area contributed by atoms with Gasteiger partial charge in [0.2, 0.25) is 0 Å². The Morgan fingerprint density at radius 3 is 1.81 bits per heavy atom. The van der Waals surface area contributed by atoms with Crippen LogP contribution in [0.3, 0.4) is 0 Å². The lowest BCUT2D eigenvalue weighted by molar-refractivity contribution is 0.655. The highest BCUT2D eigenvalue weighted by atomic mass is 16.3. The van der Waals surface area contributed by atoms with Crippen molar-refractivity contribution in [3.8, 4) is 22.3 Å². The summed E-state index contributed by atoms with van der Waals surface area (Å²) < 4.78 is 6.80. The summed E-state index contributed by atoms with van der Waals surface area (Å²) in [6.07, 6.45) is 0. The number of benzene rings is 7. The number of furan rings is 1. The van der Waals surface area contributed by atoms with Gasteiger partial charge < -0.3 is 4.42 Å². The largest absolute Gasteiger partial charge is 0.456 e. The van der Waals surface area contributed by atoms with Crippen LogP contribution >= 0.6 is 0 Å². The highest BCUT2D eigenvalue weighted by molar-refractivity contribution is 6.16. The third kappa shape index (κ3) is 5.61. The monoisotopic (exact) mass is 618 g/mol. The topological polar surface area (TPSA) is 37.9 Å². The molecule has 0 radical (unpaired) electrons. The van der Waals surface area contributed by atoms with Crippen LogP contribution in [-0.4, -0.2) is 11.5 Å². The van der Waals surface area contributed by atoms with Gasteiger partial charge in [-0.2, -0.15) is 0 Å². The van der Waals surface area contributed by atoms with Gasteiger partial charge in [-0.15, -0.1) is 0 Å². The van der Waals surface area contributed by atoms with Crippen molar-refractivity contribution in [3.05, 3.63) is 180 Å². The van der Waals surface area contributed by atoms with Gasteiger partial charge in [0.05, 0.1) is 6.04 Å². The Kier molecular flexibility index (Phi) is 7.72. The zero-order valence-electron chi connectivity index (χ0n) is 27.0. The number of aliphatic imine (C=N–C) groups is 2. The fourth-order valence-electron chi connectivity index (χ4n) is 6.54. The van der Waals surface area contributed by atoms with Crippen LogP contribution in [0.5, 0.6) is 0 Å². The Morgan fingerprint density at radius 1 is 0.562 bits per heavy atom. The van der Waals surface area contributed by atoms with Crippen LogP contribution in [0.1, 0.15) is 36.6 Å². The SMILES string of the molecule is CC(=NC(=NC(C)c1ccc(-c2ccc(-c3ccccc3)cc2)c2c1oc1cc3ccccc3cc12)c1ccccc1)c1ccccc1. The minimum atomic E-state index is -0.223. The van der Waals surface area contributed by atoms with Crippen LogP contribution in [0.4, 0.5) is 0 Å². The molecule has 3 nitrogen and oxygen atoms in total. The first-order chi connectivity index (χ1) is 23.6. The fraction of sp³-hybridized carbons (Fsp3) is 0.0667. The molecule has 0 bridgehead atoms. The van der Waals surface area contributed by atoms with Crippen molar-refractivity contribution in [2.24, 2.45) is 9.98 Å². The molecule has 230 valence electrons. The molecule has 48 heavy (non-hydrogen) atoms. The van der Waals surface area contributed by atoms with Gasteiger partial charge in [0.25, 0.3) is 0 Å². The van der Waals surface area contributed by atoms with Gasteiger partial charge in [0, 0.05) is 27.6 Å². The molecule has 0 amide bonds. The molecule has 1 heterocycles. The maximum Gasteiger partial charge on any atom is 0.155 e. The van der Waals surface area contributed by atoms with Gasteiger partial charge in [-0.05, 0) is 64.6 Å². The molecule has 0 saturated carbocycles. The van der Waals surface area contributed by atoms with Crippen molar-refractivity contribution in [2.45, 2.75) is 19.9 Å². The molecule has 1 unspecified atom stereocenters. The Hall–Kier alpha value is -6.06. The van der Waals surface area contributed by atoms with E-state index in [1.807, 2.05) is 43.3 Å². The van der Waals surface area contributed by atoms with Crippen molar-refractivity contribution in [1.29, 1.82) is 0 Å². The maximum absolute atomic E-state index is 6.80. The van der Waals surface area contributed by atoms with Gasteiger partial charge in [-0.3, -0.25) is 4.99 Å². The second-order valence-electron chi connectivity index (χ2n) is 12.2. The molecule has 8 aromatic rings. The molecular formula is C45H34N2O. The lowest BCUT2D eigenvalue weighted by Crippen LogP contribution is -2.06. The molecule has 0 aliphatic carbocycles. The number of amidine groups is 1. The van der Waals surface area contributed by atoms with Crippen molar-refractivity contribution < 1.29 is 4.42 Å². The summed E-state index contributed by atoms with van der Waals surface area (Å²) in [5.74, 6) is 0.694. The van der Waals surface area contributed by atoms with E-state index in [2.05, 4.69) is 134 Å². The van der Waals surface area contributed by atoms with Gasteiger partial charge in [-0.25, -0.2) is 4.99 Å². The molecule has 8 rings (SSSR count). The molecule has 0 fully saturated rings. The number of hydrogen-bond donors (Lipinski definition) is 0. The Bertz CT molecular complexity index is 2440. The second kappa shape index (κ2) is 12.6. The van der Waals surface area contributed by atoms with E-state index in [0.717, 1.165) is 60.9 Å². The summed E-state index contributed by atoms with van der Waals surface area (Å²) in [5, 5.41) is 4.55. The van der Waals surface area contributed by atoms with Crippen molar-refractivity contribution >= 4 is 44.3 Å². The summed E-state index contributed by atoms with van der Waals surface area (Å²) in [5.41, 5.74) is 10.4. The zero-order chi connectivity index (χ0) is 32.5. The fourth-order valence-corrected chi connectivity index (χ4v) is 6.54. The first kappa shape index (κ1) is 29.3. The summed E-state index contributed by atoms with van der Waals surface area (Å²) in [6, 6.07) is 56.9. The van der Waals surface area contributed by atoms with E-state index in [4.69, 9.17) is 14.4 Å². The molecule has 0 aliphatic rings. The van der Waals surface area contributed by atoms with E-state index < -0.39 is 0 Å². The second-order valence-corrected chi connectivity index (χ2v) is 12.2. The van der Waals surface area contributed by atoms with E-state index in [9.17, 15) is 0 Å². The van der Waals surface area contributed by atoms with Crippen molar-refractivity contribution in [1.82, 2.24) is 0 Å².